The molecule has 0 spiro atoms. The molecule has 6 rings (SSSR count). The first-order valence-corrected chi connectivity index (χ1v) is 15.3. The smallest absolute Gasteiger partial charge is 0.298 e. The molecule has 4 atom stereocenters. The molecule has 236 valence electrons. The van der Waals surface area contributed by atoms with Crippen LogP contribution in [0.4, 0.5) is 22.0 Å². The molecular formula is C30H40F5N7O. The van der Waals surface area contributed by atoms with E-state index in [2.05, 4.69) is 21.8 Å². The van der Waals surface area contributed by atoms with Crippen molar-refractivity contribution in [3.63, 3.8) is 0 Å². The maximum atomic E-state index is 14.3. The van der Waals surface area contributed by atoms with Crippen LogP contribution in [0.25, 0.3) is 5.52 Å². The van der Waals surface area contributed by atoms with Crippen LogP contribution in [0.3, 0.4) is 0 Å². The minimum atomic E-state index is -4.69. The summed E-state index contributed by atoms with van der Waals surface area (Å²) in [6.45, 7) is 2.38. The van der Waals surface area contributed by atoms with Gasteiger partial charge in [0.05, 0.1) is 30.0 Å². The van der Waals surface area contributed by atoms with Crippen LogP contribution in [-0.2, 0) is 12.7 Å². The molecule has 0 aromatic carbocycles. The molecule has 2 aromatic heterocycles. The summed E-state index contributed by atoms with van der Waals surface area (Å²) in [6.07, 6.45) is 3.53. The minimum Gasteiger partial charge on any atom is -0.298 e. The van der Waals surface area contributed by atoms with Crippen LogP contribution in [0.15, 0.2) is 23.3 Å². The van der Waals surface area contributed by atoms with Gasteiger partial charge in [0.1, 0.15) is 0 Å². The van der Waals surface area contributed by atoms with Crippen LogP contribution in [0.2, 0.25) is 0 Å². The average molecular weight is 610 g/mol. The van der Waals surface area contributed by atoms with E-state index in [4.69, 9.17) is 0 Å². The Kier molecular flexibility index (Phi) is 7.89. The number of nitrogens with zero attached hydrogens (tertiary/aromatic N) is 5. The first-order valence-electron chi connectivity index (χ1n) is 15.3. The Hall–Kier alpha value is -2.53. The van der Waals surface area contributed by atoms with Crippen LogP contribution in [0.1, 0.15) is 75.5 Å². The van der Waals surface area contributed by atoms with Gasteiger partial charge >= 0.3 is 11.9 Å². The Morgan fingerprint density at radius 3 is 2.60 bits per heavy atom. The summed E-state index contributed by atoms with van der Waals surface area (Å²) >= 11 is 0. The maximum absolute atomic E-state index is 14.3. The van der Waals surface area contributed by atoms with Gasteiger partial charge in [-0.1, -0.05) is 13.3 Å². The predicted octanol–water partition coefficient (Wildman–Crippen LogP) is 4.96. The highest BCUT2D eigenvalue weighted by Crippen LogP contribution is 2.58. The fraction of sp³-hybridized carbons (Fsp3) is 0.733. The minimum absolute atomic E-state index is 0.00159. The van der Waals surface area contributed by atoms with E-state index in [0.29, 0.717) is 12.8 Å². The topological polar surface area (TPSA) is 80.7 Å². The number of rotatable bonds is 6. The van der Waals surface area contributed by atoms with Gasteiger partial charge in [-0.25, -0.2) is 24.4 Å². The van der Waals surface area contributed by atoms with Gasteiger partial charge in [-0.05, 0) is 68.5 Å². The highest BCUT2D eigenvalue weighted by Gasteiger charge is 2.52. The second kappa shape index (κ2) is 11.1. The highest BCUT2D eigenvalue weighted by molar-refractivity contribution is 5.56. The third-order valence-corrected chi connectivity index (χ3v) is 10.7. The highest BCUT2D eigenvalue weighted by atomic mass is 19.4. The third kappa shape index (κ3) is 5.72. The first-order chi connectivity index (χ1) is 20.3. The lowest BCUT2D eigenvalue weighted by atomic mass is 9.51. The molecule has 13 heteroatoms. The summed E-state index contributed by atoms with van der Waals surface area (Å²) in [5.41, 5.74) is 5.11. The molecule has 0 radical (unpaired) electrons. The number of pyridine rings is 1. The molecule has 3 unspecified atom stereocenters. The number of hydrazine groups is 1. The normalized spacial score (nSPS) is 33.9. The molecule has 0 bridgehead atoms. The molecule has 2 aromatic rings. The molecule has 2 N–H and O–H groups in total. The Balaban J connectivity index is 1.28. The molecule has 2 aliphatic carbocycles. The Labute approximate surface area is 247 Å². The second-order valence-corrected chi connectivity index (χ2v) is 13.6. The molecule has 0 amide bonds. The Morgan fingerprint density at radius 2 is 1.95 bits per heavy atom. The maximum Gasteiger partial charge on any atom is 0.418 e. The summed E-state index contributed by atoms with van der Waals surface area (Å²) < 4.78 is 73.5. The van der Waals surface area contributed by atoms with Gasteiger partial charge in [-0.15, -0.1) is 0 Å². The number of aromatic nitrogens is 2. The van der Waals surface area contributed by atoms with Gasteiger partial charge in [0.15, 0.2) is 0 Å². The zero-order valence-corrected chi connectivity index (χ0v) is 24.6. The molecule has 4 heterocycles. The second-order valence-electron chi connectivity index (χ2n) is 13.6. The zero-order valence-electron chi connectivity index (χ0n) is 24.6. The van der Waals surface area contributed by atoms with E-state index in [1.165, 1.54) is 23.9 Å². The van der Waals surface area contributed by atoms with Crippen molar-refractivity contribution in [2.45, 2.75) is 89.1 Å². The van der Waals surface area contributed by atoms with Crippen molar-refractivity contribution in [2.75, 3.05) is 26.8 Å². The van der Waals surface area contributed by atoms with Crippen molar-refractivity contribution in [2.24, 2.45) is 23.2 Å². The van der Waals surface area contributed by atoms with Crippen molar-refractivity contribution >= 4 is 5.52 Å². The summed E-state index contributed by atoms with van der Waals surface area (Å²) in [6, 6.07) is 3.22. The number of hydrogen-bond acceptors (Lipinski definition) is 6. The Morgan fingerprint density at radius 1 is 1.19 bits per heavy atom. The predicted molar refractivity (Wildman–Crippen MR) is 150 cm³/mol. The number of imidazole rings is 1. The zero-order chi connectivity index (χ0) is 30.7. The number of likely N-dealkylation sites (tertiary alicyclic amines) is 1. The fourth-order valence-electron chi connectivity index (χ4n) is 8.16. The van der Waals surface area contributed by atoms with E-state index in [1.807, 2.05) is 7.05 Å². The van der Waals surface area contributed by atoms with E-state index < -0.39 is 29.3 Å². The van der Waals surface area contributed by atoms with E-state index in [9.17, 15) is 32.0 Å². The molecule has 4 fully saturated rings. The number of halogens is 5. The molecule has 8 nitrogen and oxygen atoms in total. The molecule has 4 aliphatic rings. The summed E-state index contributed by atoms with van der Waals surface area (Å²) in [5, 5.41) is 9.57. The van der Waals surface area contributed by atoms with Crippen LogP contribution < -0.4 is 16.5 Å². The monoisotopic (exact) mass is 609 g/mol. The molecule has 2 saturated heterocycles. The number of piperidine rings is 1. The number of nitrogens with one attached hydrogen (secondary N) is 2. The van der Waals surface area contributed by atoms with Crippen molar-refractivity contribution in [1.82, 2.24) is 29.6 Å². The summed E-state index contributed by atoms with van der Waals surface area (Å²) in [7, 11) is 2.04. The van der Waals surface area contributed by atoms with E-state index in [1.54, 1.807) is 4.90 Å². The number of alkyl halides is 5. The van der Waals surface area contributed by atoms with Crippen molar-refractivity contribution < 1.29 is 22.0 Å². The van der Waals surface area contributed by atoms with Gasteiger partial charge < -0.3 is 0 Å². The van der Waals surface area contributed by atoms with Crippen LogP contribution >= 0.6 is 0 Å². The lowest BCUT2D eigenvalue weighted by Gasteiger charge is -2.54. The number of fused-ring (bicyclic) bond motifs is 1. The van der Waals surface area contributed by atoms with Gasteiger partial charge in [0.25, 0.3) is 5.92 Å². The number of nitriles is 1. The van der Waals surface area contributed by atoms with Crippen molar-refractivity contribution in [3.05, 3.63) is 40.1 Å². The SMILES string of the molecule is C[C@H]1CN(Cc2cc(C(F)(F)F)c3cn(C4CCCC(C5(CC6NNCN6C)CC(C#N)C5)C4)c(=O)n3c2)CCC1(F)F. The quantitative estimate of drug-likeness (QED) is 0.451. The molecule has 43 heavy (non-hydrogen) atoms. The van der Waals surface area contributed by atoms with Gasteiger partial charge in [0.2, 0.25) is 0 Å². The molecule has 2 aliphatic heterocycles. The van der Waals surface area contributed by atoms with Gasteiger partial charge in [-0.3, -0.25) is 18.8 Å². The fourth-order valence-corrected chi connectivity index (χ4v) is 8.16. The van der Waals surface area contributed by atoms with Crippen molar-refractivity contribution in [3.8, 4) is 6.07 Å². The van der Waals surface area contributed by atoms with Gasteiger partial charge in [-0.2, -0.15) is 18.4 Å². The van der Waals surface area contributed by atoms with E-state index in [0.717, 1.165) is 49.2 Å². The summed E-state index contributed by atoms with van der Waals surface area (Å²) in [5.74, 6) is -3.45. The number of hydrogen-bond donors (Lipinski definition) is 2. The van der Waals surface area contributed by atoms with E-state index >= 15 is 0 Å². The van der Waals surface area contributed by atoms with Gasteiger partial charge in [0, 0.05) is 56.3 Å². The van der Waals surface area contributed by atoms with E-state index in [-0.39, 0.29) is 66.6 Å². The molecule has 2 saturated carbocycles. The average Bonchev–Trinajstić information content (AvgIpc) is 3.49. The largest absolute Gasteiger partial charge is 0.418 e. The Bertz CT molecular complexity index is 1440. The lowest BCUT2D eigenvalue weighted by molar-refractivity contribution is -0.136. The summed E-state index contributed by atoms with van der Waals surface area (Å²) in [4.78, 5) is 17.7. The van der Waals surface area contributed by atoms with Crippen molar-refractivity contribution in [1.29, 1.82) is 5.26 Å². The first kappa shape index (κ1) is 30.5. The molecular weight excluding hydrogens is 569 g/mol. The van der Waals surface area contributed by atoms with Crippen LogP contribution in [0, 0.1) is 34.5 Å². The lowest BCUT2D eigenvalue weighted by Crippen LogP contribution is -2.50. The van der Waals surface area contributed by atoms with Crippen LogP contribution in [0.5, 0.6) is 0 Å². The third-order valence-electron chi connectivity index (χ3n) is 10.7. The standard InChI is InChI=1S/C30H40F5N7O/c1-19-14-40(7-6-29(19,31)32)15-20-8-24(30(33,34)35)25-17-41(27(43)42(25)16-20)23-5-3-4-22(9-23)28(10-21(11-28)13-36)12-26-38-37-18-39(26)2/h8,16-17,19,21-23,26,37-38H,3-7,9-12,14-15,18H2,1-2H3/t19-,21?,22?,23?,26?,28?/m0/s1. The van der Waals surface area contributed by atoms with Crippen LogP contribution in [-0.4, -0.2) is 57.7 Å².